The van der Waals surface area contributed by atoms with Crippen LogP contribution in [-0.4, -0.2) is 6.04 Å². The maximum atomic E-state index is 6.18. The molecule has 0 aromatic heterocycles. The summed E-state index contributed by atoms with van der Waals surface area (Å²) in [4.78, 5) is 0. The molecule has 17 heavy (non-hydrogen) atoms. The zero-order valence-corrected chi connectivity index (χ0v) is 12.0. The third-order valence-electron chi connectivity index (χ3n) is 2.96. The van der Waals surface area contributed by atoms with Gasteiger partial charge in [0.05, 0.1) is 0 Å². The van der Waals surface area contributed by atoms with Gasteiger partial charge >= 0.3 is 0 Å². The van der Waals surface area contributed by atoms with Crippen LogP contribution in [0.4, 0.5) is 0 Å². The normalized spacial score (nSPS) is 14.5. The molecule has 0 saturated heterocycles. The summed E-state index contributed by atoms with van der Waals surface area (Å²) in [6.07, 6.45) is 16.5. The van der Waals surface area contributed by atoms with E-state index in [-0.39, 0.29) is 0 Å². The highest BCUT2D eigenvalue weighted by Gasteiger charge is 2.04. The van der Waals surface area contributed by atoms with E-state index in [4.69, 9.17) is 5.73 Å². The summed E-state index contributed by atoms with van der Waals surface area (Å²) in [6.45, 7) is 6.61. The Balaban J connectivity index is 3.91. The molecule has 0 aliphatic rings. The molecule has 0 spiro atoms. The lowest BCUT2D eigenvalue weighted by Gasteiger charge is -2.12. The van der Waals surface area contributed by atoms with Crippen LogP contribution in [-0.2, 0) is 0 Å². The van der Waals surface area contributed by atoms with Crippen molar-refractivity contribution in [2.24, 2.45) is 5.73 Å². The molecule has 0 fully saturated rings. The minimum absolute atomic E-state index is 0.339. The van der Waals surface area contributed by atoms with Crippen LogP contribution in [0.15, 0.2) is 23.8 Å². The van der Waals surface area contributed by atoms with E-state index >= 15 is 0 Å². The van der Waals surface area contributed by atoms with E-state index in [0.717, 1.165) is 19.3 Å². The van der Waals surface area contributed by atoms with Crippen molar-refractivity contribution in [2.45, 2.75) is 78.2 Å². The van der Waals surface area contributed by atoms with E-state index in [9.17, 15) is 0 Å². The third kappa shape index (κ3) is 10.3. The lowest BCUT2D eigenvalue weighted by molar-refractivity contribution is 0.547. The molecule has 0 heterocycles. The van der Waals surface area contributed by atoms with Gasteiger partial charge in [-0.3, -0.25) is 0 Å². The van der Waals surface area contributed by atoms with Gasteiger partial charge in [-0.15, -0.1) is 0 Å². The van der Waals surface area contributed by atoms with Crippen LogP contribution in [0.2, 0.25) is 0 Å². The third-order valence-corrected chi connectivity index (χ3v) is 2.96. The van der Waals surface area contributed by atoms with Gasteiger partial charge in [-0.2, -0.15) is 0 Å². The molecule has 0 rings (SSSR count). The lowest BCUT2D eigenvalue weighted by Crippen LogP contribution is -2.20. The zero-order chi connectivity index (χ0) is 12.9. The smallest absolute Gasteiger partial charge is 0.00792 e. The van der Waals surface area contributed by atoms with Crippen LogP contribution in [0, 0.1) is 0 Å². The van der Waals surface area contributed by atoms with Crippen molar-refractivity contribution < 1.29 is 0 Å². The predicted octanol–water partition coefficient (Wildman–Crippen LogP) is 4.98. The second-order valence-electron chi connectivity index (χ2n) is 4.81. The molecule has 0 aromatic carbocycles. The van der Waals surface area contributed by atoms with Crippen molar-refractivity contribution in [3.8, 4) is 0 Å². The number of rotatable bonds is 10. The second kappa shape index (κ2) is 11.9. The molecule has 2 N–H and O–H groups in total. The molecule has 0 aliphatic heterocycles. The number of hydrogen-bond donors (Lipinski definition) is 1. The Labute approximate surface area is 108 Å². The molecule has 0 bridgehead atoms. The first-order chi connectivity index (χ1) is 8.24. The van der Waals surface area contributed by atoms with E-state index in [1.54, 1.807) is 0 Å². The van der Waals surface area contributed by atoms with Crippen LogP contribution in [0.25, 0.3) is 0 Å². The Morgan fingerprint density at radius 2 is 1.82 bits per heavy atom. The highest BCUT2D eigenvalue weighted by atomic mass is 14.6. The molecule has 0 radical (unpaired) electrons. The largest absolute Gasteiger partial charge is 0.327 e. The van der Waals surface area contributed by atoms with Gasteiger partial charge in [-0.1, -0.05) is 70.3 Å². The maximum absolute atomic E-state index is 6.18. The SMILES string of the molecule is CC/C=C\C(=C/CC)CC(N)CCCCCC. The van der Waals surface area contributed by atoms with Crippen molar-refractivity contribution >= 4 is 0 Å². The molecule has 0 aromatic rings. The summed E-state index contributed by atoms with van der Waals surface area (Å²) < 4.78 is 0. The standard InChI is InChI=1S/C16H31N/c1-4-7-9-10-13-16(17)14-15(11-6-3)12-8-5-2/h8,11-12,16H,4-7,9-10,13-14,17H2,1-3H3/b12-8-,15-11+. The van der Waals surface area contributed by atoms with Crippen molar-refractivity contribution in [1.29, 1.82) is 0 Å². The fraction of sp³-hybridized carbons (Fsp3) is 0.750. The highest BCUT2D eigenvalue weighted by Crippen LogP contribution is 2.13. The first kappa shape index (κ1) is 16.4. The molecule has 0 aliphatic carbocycles. The van der Waals surface area contributed by atoms with Crippen LogP contribution in [0.5, 0.6) is 0 Å². The van der Waals surface area contributed by atoms with Crippen molar-refractivity contribution in [3.05, 3.63) is 23.8 Å². The molecule has 1 nitrogen and oxygen atoms in total. The van der Waals surface area contributed by atoms with E-state index in [2.05, 4.69) is 39.0 Å². The van der Waals surface area contributed by atoms with Gasteiger partial charge < -0.3 is 5.73 Å². The monoisotopic (exact) mass is 237 g/mol. The van der Waals surface area contributed by atoms with E-state index in [1.807, 2.05) is 0 Å². The summed E-state index contributed by atoms with van der Waals surface area (Å²) in [7, 11) is 0. The molecule has 0 amide bonds. The minimum atomic E-state index is 0.339. The van der Waals surface area contributed by atoms with Gasteiger partial charge in [0.1, 0.15) is 0 Å². The average molecular weight is 237 g/mol. The fourth-order valence-electron chi connectivity index (χ4n) is 1.99. The quantitative estimate of drug-likeness (QED) is 0.421. The maximum Gasteiger partial charge on any atom is 0.00792 e. The van der Waals surface area contributed by atoms with Crippen molar-refractivity contribution in [3.63, 3.8) is 0 Å². The second-order valence-corrected chi connectivity index (χ2v) is 4.81. The molecule has 100 valence electrons. The number of allylic oxidation sites excluding steroid dienone is 3. The predicted molar refractivity (Wildman–Crippen MR) is 79.2 cm³/mol. The molecule has 1 unspecified atom stereocenters. The van der Waals surface area contributed by atoms with Gasteiger partial charge in [0.15, 0.2) is 0 Å². The highest BCUT2D eigenvalue weighted by molar-refractivity contribution is 5.19. The summed E-state index contributed by atoms with van der Waals surface area (Å²) in [5.41, 5.74) is 7.60. The Bertz CT molecular complexity index is 216. The summed E-state index contributed by atoms with van der Waals surface area (Å²) >= 11 is 0. The van der Waals surface area contributed by atoms with Gasteiger partial charge in [0.25, 0.3) is 0 Å². The molecular weight excluding hydrogens is 206 g/mol. The topological polar surface area (TPSA) is 26.0 Å². The fourth-order valence-corrected chi connectivity index (χ4v) is 1.99. The molecule has 1 heteroatoms. The van der Waals surface area contributed by atoms with Crippen LogP contribution in [0.1, 0.15) is 72.1 Å². The first-order valence-electron chi connectivity index (χ1n) is 7.35. The van der Waals surface area contributed by atoms with E-state index in [1.165, 1.54) is 37.7 Å². The van der Waals surface area contributed by atoms with Crippen molar-refractivity contribution in [2.75, 3.05) is 0 Å². The van der Waals surface area contributed by atoms with E-state index < -0.39 is 0 Å². The summed E-state index contributed by atoms with van der Waals surface area (Å²) in [5.74, 6) is 0. The molecule has 0 saturated carbocycles. The Hall–Kier alpha value is -0.560. The zero-order valence-electron chi connectivity index (χ0n) is 12.0. The van der Waals surface area contributed by atoms with Gasteiger partial charge in [0.2, 0.25) is 0 Å². The minimum Gasteiger partial charge on any atom is -0.327 e. The van der Waals surface area contributed by atoms with Crippen LogP contribution < -0.4 is 5.73 Å². The number of nitrogens with two attached hydrogens (primary N) is 1. The Kier molecular flexibility index (Phi) is 11.5. The number of unbranched alkanes of at least 4 members (excludes halogenated alkanes) is 3. The van der Waals surface area contributed by atoms with E-state index in [0.29, 0.717) is 6.04 Å². The molecular formula is C16H31N. The van der Waals surface area contributed by atoms with Gasteiger partial charge in [-0.05, 0) is 25.7 Å². The average Bonchev–Trinajstić information content (AvgIpc) is 2.32. The number of hydrogen-bond acceptors (Lipinski definition) is 1. The van der Waals surface area contributed by atoms with Gasteiger partial charge in [-0.25, -0.2) is 0 Å². The lowest BCUT2D eigenvalue weighted by atomic mass is 9.99. The van der Waals surface area contributed by atoms with Gasteiger partial charge in [0, 0.05) is 6.04 Å². The van der Waals surface area contributed by atoms with Crippen LogP contribution >= 0.6 is 0 Å². The Morgan fingerprint density at radius 1 is 1.06 bits per heavy atom. The summed E-state index contributed by atoms with van der Waals surface area (Å²) in [6, 6.07) is 0.339. The van der Waals surface area contributed by atoms with Crippen molar-refractivity contribution in [1.82, 2.24) is 0 Å². The first-order valence-corrected chi connectivity index (χ1v) is 7.35. The van der Waals surface area contributed by atoms with Crippen LogP contribution in [0.3, 0.4) is 0 Å². The summed E-state index contributed by atoms with van der Waals surface area (Å²) in [5, 5.41) is 0. The molecule has 1 atom stereocenters. The Morgan fingerprint density at radius 3 is 2.41 bits per heavy atom.